The van der Waals surface area contributed by atoms with E-state index < -0.39 is 17.0 Å². The van der Waals surface area contributed by atoms with E-state index in [0.29, 0.717) is 52.0 Å². The number of ketones is 1. The molecule has 2 amide bonds. The highest BCUT2D eigenvalue weighted by atomic mass is 35.5. The third-order valence-corrected chi connectivity index (χ3v) is 7.50. The lowest BCUT2D eigenvalue weighted by atomic mass is 10.0. The van der Waals surface area contributed by atoms with Gasteiger partial charge in [-0.2, -0.15) is 0 Å². The number of alkyl halides is 1. The summed E-state index contributed by atoms with van der Waals surface area (Å²) >= 11 is 13.0. The van der Waals surface area contributed by atoms with Gasteiger partial charge >= 0.3 is 12.0 Å². The van der Waals surface area contributed by atoms with Crippen molar-refractivity contribution >= 4 is 52.4 Å². The fourth-order valence-electron chi connectivity index (χ4n) is 4.39. The second kappa shape index (κ2) is 13.0. The zero-order valence-corrected chi connectivity index (χ0v) is 23.6. The van der Waals surface area contributed by atoms with E-state index >= 15 is 0 Å². The van der Waals surface area contributed by atoms with Gasteiger partial charge in [-0.05, 0) is 66.9 Å². The molecule has 1 heterocycles. The number of likely N-dealkylation sites (tertiary alicyclic amines) is 1. The van der Waals surface area contributed by atoms with Crippen molar-refractivity contribution in [1.29, 1.82) is 0 Å². The Labute approximate surface area is 242 Å². The molecule has 3 aromatic carbocycles. The number of urea groups is 1. The van der Waals surface area contributed by atoms with Gasteiger partial charge in [-0.3, -0.25) is 4.79 Å². The van der Waals surface area contributed by atoms with E-state index in [1.54, 1.807) is 71.6 Å². The van der Waals surface area contributed by atoms with Gasteiger partial charge in [0.1, 0.15) is 18.2 Å². The highest BCUT2D eigenvalue weighted by molar-refractivity contribution is 6.35. The maximum Gasteiger partial charge on any atom is 0.337 e. The van der Waals surface area contributed by atoms with E-state index in [9.17, 15) is 14.4 Å². The minimum Gasteiger partial charge on any atom is -0.495 e. The molecule has 0 aliphatic carbocycles. The van der Waals surface area contributed by atoms with Gasteiger partial charge < -0.3 is 24.8 Å². The first-order valence-corrected chi connectivity index (χ1v) is 13.3. The molecule has 11 heteroatoms. The minimum absolute atomic E-state index is 0.0658. The topological polar surface area (TPSA) is 106 Å². The Morgan fingerprint density at radius 1 is 0.975 bits per heavy atom. The zero-order valence-electron chi connectivity index (χ0n) is 22.0. The third-order valence-electron chi connectivity index (χ3n) is 6.53. The largest absolute Gasteiger partial charge is 0.495 e. The van der Waals surface area contributed by atoms with Crippen LogP contribution >= 0.6 is 23.2 Å². The zero-order chi connectivity index (χ0) is 28.7. The summed E-state index contributed by atoms with van der Waals surface area (Å²) in [6.45, 7) is 0.710. The Morgan fingerprint density at radius 3 is 2.40 bits per heavy atom. The van der Waals surface area contributed by atoms with Crippen LogP contribution in [0.2, 0.25) is 5.02 Å². The number of benzene rings is 3. The average molecular weight is 586 g/mol. The van der Waals surface area contributed by atoms with Crippen molar-refractivity contribution in [2.45, 2.75) is 24.3 Å². The van der Waals surface area contributed by atoms with Gasteiger partial charge in [-0.25, -0.2) is 14.5 Å². The third kappa shape index (κ3) is 6.85. The van der Waals surface area contributed by atoms with Gasteiger partial charge in [0.15, 0.2) is 10.8 Å². The minimum atomic E-state index is -1.22. The van der Waals surface area contributed by atoms with Crippen LogP contribution in [0.3, 0.4) is 0 Å². The first-order valence-electron chi connectivity index (χ1n) is 12.5. The number of amides is 2. The van der Waals surface area contributed by atoms with E-state index in [0.717, 1.165) is 6.42 Å². The number of halogens is 2. The molecule has 1 aliphatic heterocycles. The van der Waals surface area contributed by atoms with Crippen LogP contribution in [0.25, 0.3) is 0 Å². The van der Waals surface area contributed by atoms with Gasteiger partial charge in [0.2, 0.25) is 0 Å². The molecule has 40 heavy (non-hydrogen) atoms. The van der Waals surface area contributed by atoms with Crippen LogP contribution in [-0.2, 0) is 16.0 Å². The normalized spacial score (nSPS) is 16.7. The maximum absolute atomic E-state index is 13.4. The van der Waals surface area contributed by atoms with Crippen molar-refractivity contribution in [3.05, 3.63) is 82.9 Å². The molecule has 9 nitrogen and oxygen atoms in total. The summed E-state index contributed by atoms with van der Waals surface area (Å²) in [5.74, 6) is 0.329. The summed E-state index contributed by atoms with van der Waals surface area (Å²) < 4.78 is 16.0. The highest BCUT2D eigenvalue weighted by Gasteiger charge is 2.45. The van der Waals surface area contributed by atoms with Gasteiger partial charge in [0.25, 0.3) is 0 Å². The Bertz CT molecular complexity index is 1380. The van der Waals surface area contributed by atoms with Crippen molar-refractivity contribution in [2.75, 3.05) is 38.1 Å². The van der Waals surface area contributed by atoms with Crippen LogP contribution in [-0.4, -0.2) is 55.2 Å². The van der Waals surface area contributed by atoms with E-state index in [4.69, 9.17) is 37.4 Å². The molecule has 1 atom stereocenters. The van der Waals surface area contributed by atoms with Gasteiger partial charge in [-0.15, -0.1) is 0 Å². The van der Waals surface area contributed by atoms with Gasteiger partial charge in [0.05, 0.1) is 36.2 Å². The van der Waals surface area contributed by atoms with Crippen molar-refractivity contribution in [3.8, 4) is 11.5 Å². The quantitative estimate of drug-likeness (QED) is 0.172. The molecule has 0 aromatic heterocycles. The summed E-state index contributed by atoms with van der Waals surface area (Å²) in [5.41, 5.74) is 2.00. The Morgan fingerprint density at radius 2 is 1.70 bits per heavy atom. The monoisotopic (exact) mass is 585 g/mol. The van der Waals surface area contributed by atoms with Crippen molar-refractivity contribution < 1.29 is 28.6 Å². The smallest absolute Gasteiger partial charge is 0.337 e. The van der Waals surface area contributed by atoms with Crippen molar-refractivity contribution in [2.24, 2.45) is 0 Å². The molecule has 210 valence electrons. The number of para-hydroxylation sites is 1. The van der Waals surface area contributed by atoms with Gasteiger partial charge in [0, 0.05) is 13.0 Å². The fourth-order valence-corrected chi connectivity index (χ4v) is 4.90. The van der Waals surface area contributed by atoms with Crippen LogP contribution in [0.5, 0.6) is 11.5 Å². The molecule has 0 saturated carbocycles. The number of methoxy groups -OCH3 is 2. The van der Waals surface area contributed by atoms with E-state index in [2.05, 4.69) is 10.6 Å². The molecule has 1 aliphatic rings. The molecular formula is C29H29Cl2N3O6. The number of carbonyl (C=O) groups is 3. The predicted molar refractivity (Wildman–Crippen MR) is 154 cm³/mol. The molecule has 1 saturated heterocycles. The van der Waals surface area contributed by atoms with E-state index in [1.165, 1.54) is 14.2 Å². The molecule has 0 spiro atoms. The number of Topliss-reactive ketones (excluding diaryl/α,β-unsaturated/α-hetero) is 1. The second-order valence-electron chi connectivity index (χ2n) is 9.11. The number of carbonyl (C=O) groups excluding carboxylic acids is 3. The number of anilines is 2. The van der Waals surface area contributed by atoms with Crippen LogP contribution in [0.4, 0.5) is 16.2 Å². The lowest BCUT2D eigenvalue weighted by Gasteiger charge is -2.31. The predicted octanol–water partition coefficient (Wildman–Crippen LogP) is 5.96. The van der Waals surface area contributed by atoms with Gasteiger partial charge in [-0.1, -0.05) is 41.4 Å². The standard InChI is InChI=1S/C29H29Cl2N3O6/c1-38-25-16-19(8-13-24(25)33-28(37)32-23-7-4-3-6-22(23)30)17-26(35)29(31)14-5-15-34(29)18-40-21-11-9-20(10-12-21)27(36)39-2/h3-4,6-13,16H,5,14-15,17-18H2,1-2H3,(H2,32,33,37). The van der Waals surface area contributed by atoms with Crippen molar-refractivity contribution in [1.82, 2.24) is 4.90 Å². The lowest BCUT2D eigenvalue weighted by Crippen LogP contribution is -2.48. The van der Waals surface area contributed by atoms with Crippen LogP contribution in [0, 0.1) is 0 Å². The number of hydrogen-bond donors (Lipinski definition) is 2. The van der Waals surface area contributed by atoms with E-state index in [1.807, 2.05) is 0 Å². The first kappa shape index (κ1) is 29.2. The lowest BCUT2D eigenvalue weighted by molar-refractivity contribution is -0.125. The number of nitrogens with one attached hydrogen (secondary N) is 2. The average Bonchev–Trinajstić information content (AvgIpc) is 3.35. The fraction of sp³-hybridized carbons (Fsp3) is 0.276. The molecule has 3 aromatic rings. The first-order chi connectivity index (χ1) is 19.2. The molecule has 1 fully saturated rings. The molecule has 1 unspecified atom stereocenters. The van der Waals surface area contributed by atoms with Crippen LogP contribution in [0.15, 0.2) is 66.7 Å². The SMILES string of the molecule is COC(=O)c1ccc(OCN2CCCC2(Cl)C(=O)Cc2ccc(NC(=O)Nc3ccccc3Cl)c(OC)c2)cc1. The number of nitrogens with zero attached hydrogens (tertiary/aromatic N) is 1. The van der Waals surface area contributed by atoms with E-state index in [-0.39, 0.29) is 18.9 Å². The number of hydrogen-bond acceptors (Lipinski definition) is 7. The Balaban J connectivity index is 1.38. The summed E-state index contributed by atoms with van der Waals surface area (Å²) in [7, 11) is 2.80. The van der Waals surface area contributed by atoms with Crippen LogP contribution < -0.4 is 20.1 Å². The molecule has 2 N–H and O–H groups in total. The summed E-state index contributed by atoms with van der Waals surface area (Å²) in [6, 6.07) is 18.1. The van der Waals surface area contributed by atoms with Crippen molar-refractivity contribution in [3.63, 3.8) is 0 Å². The number of esters is 1. The summed E-state index contributed by atoms with van der Waals surface area (Å²) in [4.78, 5) is 38.1. The highest BCUT2D eigenvalue weighted by Crippen LogP contribution is 2.36. The van der Waals surface area contributed by atoms with Crippen LogP contribution in [0.1, 0.15) is 28.8 Å². The molecular weight excluding hydrogens is 557 g/mol. The molecule has 4 rings (SSSR count). The second-order valence-corrected chi connectivity index (χ2v) is 10.1. The molecule has 0 bridgehead atoms. The summed E-state index contributed by atoms with van der Waals surface area (Å²) in [5, 5.41) is 5.84. The Kier molecular flexibility index (Phi) is 9.52. The summed E-state index contributed by atoms with van der Waals surface area (Å²) in [6.07, 6.45) is 1.29. The molecule has 0 radical (unpaired) electrons. The number of rotatable bonds is 10. The number of ether oxygens (including phenoxy) is 3. The maximum atomic E-state index is 13.4. The Hall–Kier alpha value is -3.79.